The predicted octanol–water partition coefficient (Wildman–Crippen LogP) is 1.79. The van der Waals surface area contributed by atoms with Gasteiger partial charge in [-0.05, 0) is 25.3 Å². The van der Waals surface area contributed by atoms with Gasteiger partial charge in [0.1, 0.15) is 5.82 Å². The molecular formula is C14H20FNO2. The summed E-state index contributed by atoms with van der Waals surface area (Å²) in [4.78, 5) is 0. The Hall–Kier alpha value is -0.970. The summed E-state index contributed by atoms with van der Waals surface area (Å²) in [5.74, 6) is -0.470. The van der Waals surface area contributed by atoms with E-state index in [0.29, 0.717) is 18.4 Å². The first-order chi connectivity index (χ1) is 8.61. The second-order valence-corrected chi connectivity index (χ2v) is 5.03. The molecule has 100 valence electrons. The minimum Gasteiger partial charge on any atom is -0.396 e. The van der Waals surface area contributed by atoms with Crippen LogP contribution in [-0.4, -0.2) is 24.9 Å². The van der Waals surface area contributed by atoms with Crippen LogP contribution in [-0.2, 0) is 10.3 Å². The van der Waals surface area contributed by atoms with Gasteiger partial charge in [0, 0.05) is 30.7 Å². The van der Waals surface area contributed by atoms with E-state index in [4.69, 9.17) is 10.5 Å². The van der Waals surface area contributed by atoms with Crippen molar-refractivity contribution in [3.8, 4) is 0 Å². The van der Waals surface area contributed by atoms with Gasteiger partial charge in [-0.25, -0.2) is 4.39 Å². The molecular weight excluding hydrogens is 233 g/mol. The van der Waals surface area contributed by atoms with Crippen molar-refractivity contribution < 1.29 is 14.2 Å². The van der Waals surface area contributed by atoms with E-state index in [2.05, 4.69) is 0 Å². The van der Waals surface area contributed by atoms with Crippen molar-refractivity contribution in [3.05, 3.63) is 35.6 Å². The lowest BCUT2D eigenvalue weighted by atomic mass is 9.68. The Kier molecular flexibility index (Phi) is 4.00. The Morgan fingerprint density at radius 3 is 2.83 bits per heavy atom. The number of methoxy groups -OCH3 is 1. The molecule has 2 rings (SSSR count). The highest BCUT2D eigenvalue weighted by Crippen LogP contribution is 2.41. The van der Waals surface area contributed by atoms with Crippen molar-refractivity contribution in [2.45, 2.75) is 30.9 Å². The average Bonchev–Trinajstić information content (AvgIpc) is 2.39. The molecule has 0 spiro atoms. The highest BCUT2D eigenvalue weighted by molar-refractivity contribution is 5.28. The molecule has 0 aliphatic heterocycles. The molecule has 1 aromatic carbocycles. The van der Waals surface area contributed by atoms with Gasteiger partial charge in [0.05, 0.1) is 6.10 Å². The fourth-order valence-corrected chi connectivity index (χ4v) is 2.89. The van der Waals surface area contributed by atoms with Crippen LogP contribution in [0.2, 0.25) is 0 Å². The lowest BCUT2D eigenvalue weighted by Crippen LogP contribution is -2.51. The molecule has 1 saturated carbocycles. The molecule has 1 fully saturated rings. The van der Waals surface area contributed by atoms with Crippen LogP contribution in [0.15, 0.2) is 24.3 Å². The molecule has 18 heavy (non-hydrogen) atoms. The Balaban J connectivity index is 2.32. The molecule has 0 aromatic heterocycles. The summed E-state index contributed by atoms with van der Waals surface area (Å²) in [6.45, 7) is -0.0509. The average molecular weight is 253 g/mol. The van der Waals surface area contributed by atoms with Gasteiger partial charge in [-0.1, -0.05) is 18.2 Å². The molecule has 0 heterocycles. The van der Waals surface area contributed by atoms with E-state index in [0.717, 1.165) is 6.42 Å². The van der Waals surface area contributed by atoms with Gasteiger partial charge in [0.15, 0.2) is 0 Å². The lowest BCUT2D eigenvalue weighted by Gasteiger charge is -2.43. The molecule has 0 amide bonds. The number of halogens is 1. The van der Waals surface area contributed by atoms with Crippen LogP contribution in [0.5, 0.6) is 0 Å². The van der Waals surface area contributed by atoms with E-state index >= 15 is 0 Å². The lowest BCUT2D eigenvalue weighted by molar-refractivity contribution is -0.00284. The maximum atomic E-state index is 13.9. The summed E-state index contributed by atoms with van der Waals surface area (Å²) in [5.41, 5.74) is 6.10. The number of ether oxygens (including phenoxy) is 1. The van der Waals surface area contributed by atoms with E-state index in [1.54, 1.807) is 25.3 Å². The summed E-state index contributed by atoms with van der Waals surface area (Å²) in [6, 6.07) is 6.56. The first-order valence-corrected chi connectivity index (χ1v) is 6.29. The van der Waals surface area contributed by atoms with E-state index in [1.165, 1.54) is 6.07 Å². The van der Waals surface area contributed by atoms with Crippen molar-refractivity contribution in [3.63, 3.8) is 0 Å². The molecule has 1 aliphatic carbocycles. The second kappa shape index (κ2) is 5.34. The Bertz CT molecular complexity index is 413. The molecule has 1 unspecified atom stereocenters. The quantitative estimate of drug-likeness (QED) is 0.863. The van der Waals surface area contributed by atoms with Crippen LogP contribution in [0.3, 0.4) is 0 Å². The molecule has 3 N–H and O–H groups in total. The number of nitrogens with two attached hydrogens (primary N) is 1. The summed E-state index contributed by atoms with van der Waals surface area (Å²) < 4.78 is 19.2. The normalized spacial score (nSPS) is 32.4. The van der Waals surface area contributed by atoms with Crippen LogP contribution in [0.1, 0.15) is 24.8 Å². The third kappa shape index (κ3) is 2.28. The first kappa shape index (κ1) is 13.5. The van der Waals surface area contributed by atoms with E-state index < -0.39 is 5.54 Å². The second-order valence-electron chi connectivity index (χ2n) is 5.03. The van der Waals surface area contributed by atoms with Gasteiger partial charge in [0.25, 0.3) is 0 Å². The van der Waals surface area contributed by atoms with Crippen LogP contribution in [0.25, 0.3) is 0 Å². The number of benzene rings is 1. The van der Waals surface area contributed by atoms with Gasteiger partial charge in [0.2, 0.25) is 0 Å². The van der Waals surface area contributed by atoms with E-state index in [-0.39, 0.29) is 24.4 Å². The number of aliphatic hydroxyl groups is 1. The highest BCUT2D eigenvalue weighted by atomic mass is 19.1. The number of aliphatic hydroxyl groups excluding tert-OH is 1. The minimum atomic E-state index is -0.797. The van der Waals surface area contributed by atoms with Crippen LogP contribution in [0.4, 0.5) is 4.39 Å². The van der Waals surface area contributed by atoms with Gasteiger partial charge < -0.3 is 15.6 Å². The number of hydrogen-bond donors (Lipinski definition) is 2. The minimum absolute atomic E-state index is 0.0509. The maximum Gasteiger partial charge on any atom is 0.128 e. The Morgan fingerprint density at radius 2 is 2.22 bits per heavy atom. The monoisotopic (exact) mass is 253 g/mol. The van der Waals surface area contributed by atoms with Crippen molar-refractivity contribution >= 4 is 0 Å². The van der Waals surface area contributed by atoms with Gasteiger partial charge >= 0.3 is 0 Å². The zero-order valence-electron chi connectivity index (χ0n) is 10.6. The Labute approximate surface area is 107 Å². The Morgan fingerprint density at radius 1 is 1.50 bits per heavy atom. The highest BCUT2D eigenvalue weighted by Gasteiger charge is 2.42. The molecule has 3 nitrogen and oxygen atoms in total. The summed E-state index contributed by atoms with van der Waals surface area (Å²) >= 11 is 0. The standard InChI is InChI=1S/C14H20FNO2/c1-18-11-6-7-14(16,10(8-11)9-17)12-4-2-3-5-13(12)15/h2-5,10-11,17H,6-9,16H2,1H3/t10-,11?,14-/m0/s1. The predicted molar refractivity (Wildman–Crippen MR) is 67.5 cm³/mol. The van der Waals surface area contributed by atoms with Crippen molar-refractivity contribution in [2.24, 2.45) is 11.7 Å². The van der Waals surface area contributed by atoms with E-state index in [1.807, 2.05) is 0 Å². The number of rotatable bonds is 3. The zero-order chi connectivity index (χ0) is 13.2. The van der Waals surface area contributed by atoms with Crippen molar-refractivity contribution in [1.29, 1.82) is 0 Å². The van der Waals surface area contributed by atoms with Gasteiger partial charge in [-0.2, -0.15) is 0 Å². The molecule has 4 heteroatoms. The van der Waals surface area contributed by atoms with Crippen molar-refractivity contribution in [2.75, 3.05) is 13.7 Å². The van der Waals surface area contributed by atoms with Crippen molar-refractivity contribution in [1.82, 2.24) is 0 Å². The SMILES string of the molecule is COC1CC[C@@](N)(c2ccccc2F)[C@H](CO)C1. The maximum absolute atomic E-state index is 13.9. The molecule has 3 atom stereocenters. The van der Waals surface area contributed by atoms with Gasteiger partial charge in [-0.3, -0.25) is 0 Å². The first-order valence-electron chi connectivity index (χ1n) is 6.29. The third-order valence-corrected chi connectivity index (χ3v) is 4.08. The summed E-state index contributed by atoms with van der Waals surface area (Å²) in [5, 5.41) is 9.53. The summed E-state index contributed by atoms with van der Waals surface area (Å²) in [6.07, 6.45) is 2.18. The zero-order valence-corrected chi connectivity index (χ0v) is 10.6. The fraction of sp³-hybridized carbons (Fsp3) is 0.571. The van der Waals surface area contributed by atoms with Crippen LogP contribution < -0.4 is 5.73 Å². The number of hydrogen-bond acceptors (Lipinski definition) is 3. The smallest absolute Gasteiger partial charge is 0.128 e. The van der Waals surface area contributed by atoms with Crippen LogP contribution >= 0.6 is 0 Å². The molecule has 1 aromatic rings. The molecule has 1 aliphatic rings. The molecule has 0 saturated heterocycles. The summed E-state index contributed by atoms with van der Waals surface area (Å²) in [7, 11) is 1.66. The van der Waals surface area contributed by atoms with E-state index in [9.17, 15) is 9.50 Å². The topological polar surface area (TPSA) is 55.5 Å². The van der Waals surface area contributed by atoms with Crippen LogP contribution in [0, 0.1) is 11.7 Å². The van der Waals surface area contributed by atoms with Gasteiger partial charge in [-0.15, -0.1) is 0 Å². The fourth-order valence-electron chi connectivity index (χ4n) is 2.89. The molecule has 0 radical (unpaired) electrons. The largest absolute Gasteiger partial charge is 0.396 e. The third-order valence-electron chi connectivity index (χ3n) is 4.08. The molecule has 0 bridgehead atoms.